The number of hydrogen-bond acceptors (Lipinski definition) is 2. The lowest BCUT2D eigenvalue weighted by Crippen LogP contribution is -2.05. The van der Waals surface area contributed by atoms with Crippen LogP contribution in [0.25, 0.3) is 6.08 Å². The van der Waals surface area contributed by atoms with E-state index in [9.17, 15) is 4.39 Å². The normalized spacial score (nSPS) is 11.1. The zero-order valence-corrected chi connectivity index (χ0v) is 8.83. The molecule has 2 N–H and O–H groups in total. The molecule has 0 spiro atoms. The van der Waals surface area contributed by atoms with Crippen LogP contribution in [0.1, 0.15) is 17.5 Å². The molecule has 0 saturated heterocycles. The maximum atomic E-state index is 13.4. The van der Waals surface area contributed by atoms with E-state index in [1.165, 1.54) is 6.07 Å². The highest BCUT2D eigenvalue weighted by atomic mass is 19.1. The number of aliphatic hydroxyl groups excluding tert-OH is 1. The third-order valence-electron chi connectivity index (χ3n) is 2.11. The summed E-state index contributed by atoms with van der Waals surface area (Å²) >= 11 is 0. The first-order valence-corrected chi connectivity index (χ1v) is 4.98. The molecule has 0 aliphatic carbocycles. The molecular weight excluding hydrogens is 193 g/mol. The highest BCUT2D eigenvalue weighted by Gasteiger charge is 1.99. The number of rotatable bonds is 5. The molecule has 2 nitrogen and oxygen atoms in total. The molecule has 0 unspecified atom stereocenters. The van der Waals surface area contributed by atoms with Gasteiger partial charge in [0, 0.05) is 5.56 Å². The molecular formula is C12H16FNO. The quantitative estimate of drug-likeness (QED) is 0.726. The molecule has 0 amide bonds. The average molecular weight is 209 g/mol. The second-order valence-corrected chi connectivity index (χ2v) is 3.31. The second-order valence-electron chi connectivity index (χ2n) is 3.31. The third-order valence-corrected chi connectivity index (χ3v) is 2.11. The molecule has 1 aromatic rings. The molecule has 0 atom stereocenters. The lowest BCUT2D eigenvalue weighted by molar-refractivity contribution is 0.281. The minimum Gasteiger partial charge on any atom is -0.392 e. The Morgan fingerprint density at radius 1 is 1.47 bits per heavy atom. The van der Waals surface area contributed by atoms with E-state index in [-0.39, 0.29) is 12.4 Å². The van der Waals surface area contributed by atoms with Crippen LogP contribution in [0.5, 0.6) is 0 Å². The SMILES string of the molecule is CNCCC=Cc1ccc(CO)cc1F. The van der Waals surface area contributed by atoms with Gasteiger partial charge in [0.25, 0.3) is 0 Å². The maximum absolute atomic E-state index is 13.4. The van der Waals surface area contributed by atoms with Crippen molar-refractivity contribution < 1.29 is 9.50 Å². The van der Waals surface area contributed by atoms with Gasteiger partial charge in [-0.3, -0.25) is 0 Å². The van der Waals surface area contributed by atoms with Gasteiger partial charge >= 0.3 is 0 Å². The fraction of sp³-hybridized carbons (Fsp3) is 0.333. The van der Waals surface area contributed by atoms with Gasteiger partial charge in [-0.2, -0.15) is 0 Å². The Kier molecular flexibility index (Phi) is 5.01. The van der Waals surface area contributed by atoms with E-state index in [2.05, 4.69) is 5.32 Å². The van der Waals surface area contributed by atoms with Gasteiger partial charge in [0.05, 0.1) is 6.61 Å². The average Bonchev–Trinajstić information content (AvgIpc) is 2.26. The van der Waals surface area contributed by atoms with Crippen molar-refractivity contribution in [2.75, 3.05) is 13.6 Å². The minimum atomic E-state index is -0.290. The Hall–Kier alpha value is -1.19. The van der Waals surface area contributed by atoms with Crippen LogP contribution in [0, 0.1) is 5.82 Å². The molecule has 0 aromatic heterocycles. The van der Waals surface area contributed by atoms with Gasteiger partial charge in [0.15, 0.2) is 0 Å². The highest BCUT2D eigenvalue weighted by Crippen LogP contribution is 2.12. The molecule has 82 valence electrons. The van der Waals surface area contributed by atoms with Gasteiger partial charge in [-0.25, -0.2) is 4.39 Å². The molecule has 0 aliphatic rings. The summed E-state index contributed by atoms with van der Waals surface area (Å²) in [5, 5.41) is 11.8. The van der Waals surface area contributed by atoms with E-state index in [4.69, 9.17) is 5.11 Å². The van der Waals surface area contributed by atoms with Crippen molar-refractivity contribution in [1.82, 2.24) is 5.32 Å². The summed E-state index contributed by atoms with van der Waals surface area (Å²) in [6.07, 6.45) is 4.55. The number of hydrogen-bond donors (Lipinski definition) is 2. The van der Waals surface area contributed by atoms with Crippen LogP contribution in [-0.4, -0.2) is 18.7 Å². The van der Waals surface area contributed by atoms with Crippen molar-refractivity contribution in [1.29, 1.82) is 0 Å². The van der Waals surface area contributed by atoms with Crippen LogP contribution in [0.15, 0.2) is 24.3 Å². The van der Waals surface area contributed by atoms with Gasteiger partial charge in [-0.15, -0.1) is 0 Å². The monoisotopic (exact) mass is 209 g/mol. The Bertz CT molecular complexity index is 336. The Labute approximate surface area is 89.4 Å². The van der Waals surface area contributed by atoms with Crippen LogP contribution in [-0.2, 0) is 6.61 Å². The largest absolute Gasteiger partial charge is 0.392 e. The first kappa shape index (κ1) is 11.9. The predicted octanol–water partition coefficient (Wildman–Crippen LogP) is 1.94. The first-order chi connectivity index (χ1) is 7.27. The van der Waals surface area contributed by atoms with Crippen molar-refractivity contribution >= 4 is 6.08 Å². The van der Waals surface area contributed by atoms with Crippen LogP contribution in [0.4, 0.5) is 4.39 Å². The number of aliphatic hydroxyl groups is 1. The van der Waals surface area contributed by atoms with Gasteiger partial charge in [-0.05, 0) is 31.6 Å². The molecule has 0 fully saturated rings. The van der Waals surface area contributed by atoms with E-state index in [0.717, 1.165) is 13.0 Å². The van der Waals surface area contributed by atoms with Crippen LogP contribution in [0.3, 0.4) is 0 Å². The Balaban J connectivity index is 2.65. The number of halogens is 1. The molecule has 15 heavy (non-hydrogen) atoms. The fourth-order valence-corrected chi connectivity index (χ4v) is 1.24. The van der Waals surface area contributed by atoms with E-state index in [0.29, 0.717) is 11.1 Å². The molecule has 1 rings (SSSR count). The summed E-state index contributed by atoms with van der Waals surface area (Å²) in [6.45, 7) is 0.757. The van der Waals surface area contributed by atoms with Gasteiger partial charge < -0.3 is 10.4 Å². The molecule has 0 heterocycles. The lowest BCUT2D eigenvalue weighted by Gasteiger charge is -2.00. The molecule has 3 heteroatoms. The first-order valence-electron chi connectivity index (χ1n) is 4.98. The van der Waals surface area contributed by atoms with E-state index in [1.54, 1.807) is 18.2 Å². The topological polar surface area (TPSA) is 32.3 Å². The summed E-state index contributed by atoms with van der Waals surface area (Å²) in [5.74, 6) is -0.290. The van der Waals surface area contributed by atoms with E-state index >= 15 is 0 Å². The van der Waals surface area contributed by atoms with Gasteiger partial charge in [0.2, 0.25) is 0 Å². The van der Waals surface area contributed by atoms with Gasteiger partial charge in [0.1, 0.15) is 5.82 Å². The molecule has 0 aliphatic heterocycles. The summed E-state index contributed by atoms with van der Waals surface area (Å²) in [6, 6.07) is 4.76. The van der Waals surface area contributed by atoms with E-state index in [1.807, 2.05) is 13.1 Å². The van der Waals surface area contributed by atoms with Crippen molar-refractivity contribution in [3.05, 3.63) is 41.2 Å². The number of nitrogens with one attached hydrogen (secondary N) is 1. The Morgan fingerprint density at radius 2 is 2.27 bits per heavy atom. The third kappa shape index (κ3) is 3.81. The summed E-state index contributed by atoms with van der Waals surface area (Å²) in [7, 11) is 1.88. The summed E-state index contributed by atoms with van der Waals surface area (Å²) < 4.78 is 13.4. The lowest BCUT2D eigenvalue weighted by atomic mass is 10.1. The van der Waals surface area contributed by atoms with Crippen molar-refractivity contribution in [2.45, 2.75) is 13.0 Å². The summed E-state index contributed by atoms with van der Waals surface area (Å²) in [4.78, 5) is 0. The fourth-order valence-electron chi connectivity index (χ4n) is 1.24. The summed E-state index contributed by atoms with van der Waals surface area (Å²) in [5.41, 5.74) is 1.16. The van der Waals surface area contributed by atoms with Crippen molar-refractivity contribution in [3.63, 3.8) is 0 Å². The molecule has 0 bridgehead atoms. The standard InChI is InChI=1S/C12H16FNO/c1-14-7-3-2-4-11-6-5-10(9-15)8-12(11)13/h2,4-6,8,14-15H,3,7,9H2,1H3. The molecule has 0 radical (unpaired) electrons. The van der Waals surface area contributed by atoms with Crippen LogP contribution < -0.4 is 5.32 Å². The zero-order valence-electron chi connectivity index (χ0n) is 8.83. The Morgan fingerprint density at radius 3 is 2.87 bits per heavy atom. The zero-order chi connectivity index (χ0) is 11.1. The predicted molar refractivity (Wildman–Crippen MR) is 59.9 cm³/mol. The molecule has 0 saturated carbocycles. The van der Waals surface area contributed by atoms with E-state index < -0.39 is 0 Å². The van der Waals surface area contributed by atoms with Crippen LogP contribution in [0.2, 0.25) is 0 Å². The highest BCUT2D eigenvalue weighted by molar-refractivity contribution is 5.50. The van der Waals surface area contributed by atoms with Crippen molar-refractivity contribution in [2.24, 2.45) is 0 Å². The minimum absolute atomic E-state index is 0.124. The van der Waals surface area contributed by atoms with Crippen molar-refractivity contribution in [3.8, 4) is 0 Å². The second kappa shape index (κ2) is 6.32. The van der Waals surface area contributed by atoms with Gasteiger partial charge in [-0.1, -0.05) is 24.3 Å². The van der Waals surface area contributed by atoms with Crippen LogP contribution >= 0.6 is 0 Å². The number of benzene rings is 1. The molecule has 1 aromatic carbocycles. The smallest absolute Gasteiger partial charge is 0.130 e. The maximum Gasteiger partial charge on any atom is 0.130 e.